The summed E-state index contributed by atoms with van der Waals surface area (Å²) in [6.07, 6.45) is 0.817. The van der Waals surface area contributed by atoms with E-state index in [9.17, 15) is 0 Å². The number of rotatable bonds is 6. The summed E-state index contributed by atoms with van der Waals surface area (Å²) >= 11 is 0. The molecule has 0 saturated heterocycles. The normalized spacial score (nSPS) is 12.2. The molecule has 0 amide bonds. The van der Waals surface area contributed by atoms with E-state index in [0.717, 1.165) is 24.5 Å². The Balaban J connectivity index is 2.22. The molecule has 0 aliphatic rings. The number of hydrogen-bond acceptors (Lipinski definition) is 4. The minimum atomic E-state index is 0.250. The number of ether oxygens (including phenoxy) is 1. The average Bonchev–Trinajstić information content (AvgIpc) is 2.47. The highest BCUT2D eigenvalue weighted by molar-refractivity contribution is 5.23. The van der Waals surface area contributed by atoms with E-state index < -0.39 is 0 Å². The highest BCUT2D eigenvalue weighted by Crippen LogP contribution is 2.19. The Kier molecular flexibility index (Phi) is 5.07. The highest BCUT2D eigenvalue weighted by atomic mass is 16.5. The number of aryl methyl sites for hydroxylation is 1. The predicted molar refractivity (Wildman–Crippen MR) is 79.9 cm³/mol. The lowest BCUT2D eigenvalue weighted by molar-refractivity contribution is 0.394. The molecule has 1 aromatic heterocycles. The highest BCUT2D eigenvalue weighted by Gasteiger charge is 2.13. The summed E-state index contributed by atoms with van der Waals surface area (Å²) in [6.45, 7) is 4.92. The van der Waals surface area contributed by atoms with Crippen molar-refractivity contribution in [3.63, 3.8) is 0 Å². The van der Waals surface area contributed by atoms with Crippen LogP contribution in [0.4, 0.5) is 0 Å². The molecular formula is C16H21N3O. The monoisotopic (exact) mass is 271 g/mol. The van der Waals surface area contributed by atoms with Gasteiger partial charge in [0.25, 0.3) is 0 Å². The SMILES string of the molecule is CCNC(Cc1cc(OC)nc(C)n1)c1ccccc1. The van der Waals surface area contributed by atoms with Crippen LogP contribution < -0.4 is 10.1 Å². The molecule has 0 spiro atoms. The summed E-state index contributed by atoms with van der Waals surface area (Å²) in [7, 11) is 1.63. The molecule has 0 bridgehead atoms. The van der Waals surface area contributed by atoms with Gasteiger partial charge >= 0.3 is 0 Å². The lowest BCUT2D eigenvalue weighted by Gasteiger charge is -2.18. The first-order chi connectivity index (χ1) is 9.72. The summed E-state index contributed by atoms with van der Waals surface area (Å²) in [6, 6.07) is 12.6. The van der Waals surface area contributed by atoms with Crippen molar-refractivity contribution >= 4 is 0 Å². The number of hydrogen-bond donors (Lipinski definition) is 1. The molecule has 1 aromatic carbocycles. The maximum atomic E-state index is 5.21. The van der Waals surface area contributed by atoms with Crippen LogP contribution in [0.3, 0.4) is 0 Å². The van der Waals surface area contributed by atoms with Crippen LogP contribution >= 0.6 is 0 Å². The maximum absolute atomic E-state index is 5.21. The van der Waals surface area contributed by atoms with Crippen LogP contribution in [0.1, 0.15) is 30.0 Å². The topological polar surface area (TPSA) is 47.0 Å². The van der Waals surface area contributed by atoms with Gasteiger partial charge in [0, 0.05) is 24.2 Å². The van der Waals surface area contributed by atoms with Gasteiger partial charge in [0.1, 0.15) is 5.82 Å². The summed E-state index contributed by atoms with van der Waals surface area (Å²) in [5, 5.41) is 3.50. The van der Waals surface area contributed by atoms with E-state index in [4.69, 9.17) is 4.74 Å². The van der Waals surface area contributed by atoms with Crippen LogP contribution in [0.2, 0.25) is 0 Å². The fourth-order valence-corrected chi connectivity index (χ4v) is 2.26. The number of nitrogens with zero attached hydrogens (tertiary/aromatic N) is 2. The van der Waals surface area contributed by atoms with Crippen molar-refractivity contribution in [3.05, 3.63) is 53.5 Å². The Morgan fingerprint density at radius 3 is 2.60 bits per heavy atom. The van der Waals surface area contributed by atoms with Gasteiger partial charge < -0.3 is 10.1 Å². The molecule has 2 rings (SSSR count). The number of aromatic nitrogens is 2. The van der Waals surface area contributed by atoms with Crippen LogP contribution in [0.15, 0.2) is 36.4 Å². The average molecular weight is 271 g/mol. The minimum Gasteiger partial charge on any atom is -0.481 e. The number of methoxy groups -OCH3 is 1. The largest absolute Gasteiger partial charge is 0.481 e. The molecule has 0 saturated carbocycles. The molecule has 1 atom stereocenters. The smallest absolute Gasteiger partial charge is 0.216 e. The van der Waals surface area contributed by atoms with Crippen LogP contribution in [-0.4, -0.2) is 23.6 Å². The van der Waals surface area contributed by atoms with E-state index in [-0.39, 0.29) is 6.04 Å². The molecule has 1 N–H and O–H groups in total. The van der Waals surface area contributed by atoms with E-state index in [1.165, 1.54) is 5.56 Å². The molecule has 1 heterocycles. The van der Waals surface area contributed by atoms with E-state index in [1.54, 1.807) is 7.11 Å². The first-order valence-corrected chi connectivity index (χ1v) is 6.89. The standard InChI is InChI=1S/C16H21N3O/c1-4-17-15(13-8-6-5-7-9-13)10-14-11-16(20-3)19-12(2)18-14/h5-9,11,15,17H,4,10H2,1-3H3. The number of benzene rings is 1. The molecular weight excluding hydrogens is 250 g/mol. The summed E-state index contributed by atoms with van der Waals surface area (Å²) in [4.78, 5) is 8.72. The second-order valence-corrected chi connectivity index (χ2v) is 4.67. The molecule has 0 radical (unpaired) electrons. The molecule has 4 heteroatoms. The van der Waals surface area contributed by atoms with Crippen molar-refractivity contribution in [2.45, 2.75) is 26.3 Å². The van der Waals surface area contributed by atoms with Crippen LogP contribution in [0, 0.1) is 6.92 Å². The third-order valence-electron chi connectivity index (χ3n) is 3.14. The van der Waals surface area contributed by atoms with Gasteiger partial charge in [-0.2, -0.15) is 4.98 Å². The molecule has 2 aromatic rings. The van der Waals surface area contributed by atoms with E-state index in [2.05, 4.69) is 46.5 Å². The molecule has 20 heavy (non-hydrogen) atoms. The van der Waals surface area contributed by atoms with Crippen LogP contribution in [-0.2, 0) is 6.42 Å². The van der Waals surface area contributed by atoms with Gasteiger partial charge in [-0.05, 0) is 19.0 Å². The Labute approximate surface area is 120 Å². The molecule has 0 aliphatic heterocycles. The molecule has 106 valence electrons. The zero-order valence-corrected chi connectivity index (χ0v) is 12.3. The quantitative estimate of drug-likeness (QED) is 0.877. The molecule has 0 aliphatic carbocycles. The zero-order valence-electron chi connectivity index (χ0n) is 12.3. The Morgan fingerprint density at radius 1 is 1.20 bits per heavy atom. The lowest BCUT2D eigenvalue weighted by atomic mass is 10.0. The van der Waals surface area contributed by atoms with Crippen LogP contribution in [0.5, 0.6) is 5.88 Å². The first kappa shape index (κ1) is 14.5. The summed E-state index contributed by atoms with van der Waals surface area (Å²) in [5.41, 5.74) is 2.26. The zero-order chi connectivity index (χ0) is 14.4. The van der Waals surface area contributed by atoms with E-state index >= 15 is 0 Å². The Morgan fingerprint density at radius 2 is 1.95 bits per heavy atom. The summed E-state index contributed by atoms with van der Waals surface area (Å²) in [5.74, 6) is 1.36. The molecule has 1 unspecified atom stereocenters. The fourth-order valence-electron chi connectivity index (χ4n) is 2.26. The molecule has 0 fully saturated rings. The van der Waals surface area contributed by atoms with Gasteiger partial charge in [-0.15, -0.1) is 0 Å². The lowest BCUT2D eigenvalue weighted by Crippen LogP contribution is -2.23. The van der Waals surface area contributed by atoms with E-state index in [1.807, 2.05) is 19.1 Å². The second kappa shape index (κ2) is 7.01. The Bertz CT molecular complexity index is 543. The number of likely N-dealkylation sites (N-methyl/N-ethyl adjacent to an activating group) is 1. The third-order valence-corrected chi connectivity index (χ3v) is 3.14. The van der Waals surface area contributed by atoms with Crippen molar-refractivity contribution in [2.24, 2.45) is 0 Å². The van der Waals surface area contributed by atoms with E-state index in [0.29, 0.717) is 5.88 Å². The van der Waals surface area contributed by atoms with Crippen molar-refractivity contribution in [2.75, 3.05) is 13.7 Å². The van der Waals surface area contributed by atoms with Crippen molar-refractivity contribution < 1.29 is 4.74 Å². The van der Waals surface area contributed by atoms with Crippen molar-refractivity contribution in [1.82, 2.24) is 15.3 Å². The minimum absolute atomic E-state index is 0.250. The van der Waals surface area contributed by atoms with Gasteiger partial charge in [-0.1, -0.05) is 37.3 Å². The maximum Gasteiger partial charge on any atom is 0.216 e. The third kappa shape index (κ3) is 3.78. The first-order valence-electron chi connectivity index (χ1n) is 6.89. The van der Waals surface area contributed by atoms with Gasteiger partial charge in [0.15, 0.2) is 0 Å². The van der Waals surface area contributed by atoms with Crippen molar-refractivity contribution in [3.8, 4) is 5.88 Å². The van der Waals surface area contributed by atoms with Gasteiger partial charge in [-0.25, -0.2) is 4.98 Å². The molecule has 4 nitrogen and oxygen atoms in total. The Hall–Kier alpha value is -1.94. The van der Waals surface area contributed by atoms with Gasteiger partial charge in [0.2, 0.25) is 5.88 Å². The van der Waals surface area contributed by atoms with Gasteiger partial charge in [0.05, 0.1) is 7.11 Å². The summed E-state index contributed by atoms with van der Waals surface area (Å²) < 4.78 is 5.21. The second-order valence-electron chi connectivity index (χ2n) is 4.67. The number of nitrogens with one attached hydrogen (secondary N) is 1. The van der Waals surface area contributed by atoms with Crippen LogP contribution in [0.25, 0.3) is 0 Å². The van der Waals surface area contributed by atoms with Gasteiger partial charge in [-0.3, -0.25) is 0 Å². The van der Waals surface area contributed by atoms with Crippen molar-refractivity contribution in [1.29, 1.82) is 0 Å². The predicted octanol–water partition coefficient (Wildman–Crippen LogP) is 2.69. The fraction of sp³-hybridized carbons (Fsp3) is 0.375.